The van der Waals surface area contributed by atoms with Gasteiger partial charge in [-0.15, -0.1) is 0 Å². The molecule has 1 heterocycles. The van der Waals surface area contributed by atoms with Crippen molar-refractivity contribution < 1.29 is 19.1 Å². The lowest BCUT2D eigenvalue weighted by molar-refractivity contribution is -0.137. The van der Waals surface area contributed by atoms with Crippen molar-refractivity contribution in [3.63, 3.8) is 0 Å². The minimum atomic E-state index is -0.757. The van der Waals surface area contributed by atoms with Gasteiger partial charge < -0.3 is 10.4 Å². The van der Waals surface area contributed by atoms with Crippen LogP contribution < -0.4 is 5.32 Å². The van der Waals surface area contributed by atoms with Gasteiger partial charge in [-0.1, -0.05) is 19.3 Å². The number of rotatable bonds is 10. The van der Waals surface area contributed by atoms with Crippen LogP contribution in [-0.2, 0) is 4.79 Å². The van der Waals surface area contributed by atoms with Crippen LogP contribution in [0.5, 0.6) is 0 Å². The van der Waals surface area contributed by atoms with Crippen molar-refractivity contribution in [2.24, 2.45) is 0 Å². The van der Waals surface area contributed by atoms with Gasteiger partial charge in [0.2, 0.25) is 0 Å². The Morgan fingerprint density at radius 2 is 1.77 bits per heavy atom. The number of carboxylic acid groups (broad SMARTS) is 1. The predicted octanol–water partition coefficient (Wildman–Crippen LogP) is 3.47. The van der Waals surface area contributed by atoms with E-state index in [1.807, 2.05) is 6.92 Å². The lowest BCUT2D eigenvalue weighted by atomic mass is 10.1. The molecule has 0 spiro atoms. The average molecular weight is 361 g/mol. The van der Waals surface area contributed by atoms with Gasteiger partial charge in [0.25, 0.3) is 5.91 Å². The number of amides is 1. The molecule has 6 nitrogen and oxygen atoms in total. The van der Waals surface area contributed by atoms with Gasteiger partial charge in [0.05, 0.1) is 5.69 Å². The lowest BCUT2D eigenvalue weighted by Crippen LogP contribution is -2.25. The first-order valence-corrected chi connectivity index (χ1v) is 8.79. The molecule has 2 N–H and O–H groups in total. The third kappa shape index (κ3) is 5.98. The van der Waals surface area contributed by atoms with Gasteiger partial charge in [-0.2, -0.15) is 5.10 Å². The molecule has 2 rings (SSSR count). The van der Waals surface area contributed by atoms with Gasteiger partial charge in [-0.25, -0.2) is 9.07 Å². The molecule has 0 aliphatic heterocycles. The summed E-state index contributed by atoms with van der Waals surface area (Å²) in [5.74, 6) is -1.31. The molecule has 0 aliphatic rings. The molecule has 0 bridgehead atoms. The van der Waals surface area contributed by atoms with E-state index >= 15 is 0 Å². The second-order valence-electron chi connectivity index (χ2n) is 6.25. The van der Waals surface area contributed by atoms with E-state index in [1.54, 1.807) is 23.0 Å². The van der Waals surface area contributed by atoms with Gasteiger partial charge in [-0.3, -0.25) is 9.59 Å². The maximum atomic E-state index is 13.0. The van der Waals surface area contributed by atoms with Crippen LogP contribution >= 0.6 is 0 Å². The van der Waals surface area contributed by atoms with Crippen LogP contribution in [0.2, 0.25) is 0 Å². The molecule has 0 radical (unpaired) electrons. The highest BCUT2D eigenvalue weighted by atomic mass is 19.1. The minimum Gasteiger partial charge on any atom is -0.481 e. The smallest absolute Gasteiger partial charge is 0.303 e. The minimum absolute atomic E-state index is 0.215. The Morgan fingerprint density at radius 1 is 1.12 bits per heavy atom. The number of aryl methyl sites for hydroxylation is 1. The second kappa shape index (κ2) is 9.70. The van der Waals surface area contributed by atoms with Gasteiger partial charge in [0.1, 0.15) is 5.82 Å². The van der Waals surface area contributed by atoms with E-state index in [4.69, 9.17) is 5.11 Å². The van der Waals surface area contributed by atoms with Crippen molar-refractivity contribution in [2.75, 3.05) is 6.54 Å². The fraction of sp³-hybridized carbons (Fsp3) is 0.421. The van der Waals surface area contributed by atoms with E-state index in [0.29, 0.717) is 24.3 Å². The summed E-state index contributed by atoms with van der Waals surface area (Å²) in [6, 6.07) is 5.91. The third-order valence-corrected chi connectivity index (χ3v) is 4.06. The summed E-state index contributed by atoms with van der Waals surface area (Å²) in [6.07, 6.45) is 6.29. The van der Waals surface area contributed by atoms with E-state index < -0.39 is 5.97 Å². The second-order valence-corrected chi connectivity index (χ2v) is 6.25. The number of carbonyl (C=O) groups is 2. The number of unbranched alkanes of at least 4 members (excludes halogenated alkanes) is 4. The van der Waals surface area contributed by atoms with E-state index in [9.17, 15) is 14.0 Å². The number of aliphatic carboxylic acids is 1. The molecule has 0 atom stereocenters. The normalized spacial score (nSPS) is 10.7. The Balaban J connectivity index is 1.76. The molecule has 0 unspecified atom stereocenters. The van der Waals surface area contributed by atoms with E-state index in [1.165, 1.54) is 12.1 Å². The number of nitrogens with zero attached hydrogens (tertiary/aromatic N) is 2. The summed E-state index contributed by atoms with van der Waals surface area (Å²) in [7, 11) is 0. The Hall–Kier alpha value is -2.70. The topological polar surface area (TPSA) is 84.2 Å². The Bertz CT molecular complexity index is 741. The molecule has 1 aromatic carbocycles. The number of halogens is 1. The van der Waals surface area contributed by atoms with Crippen LogP contribution in [0.4, 0.5) is 4.39 Å². The van der Waals surface area contributed by atoms with Crippen molar-refractivity contribution in [2.45, 2.75) is 45.4 Å². The zero-order valence-electron chi connectivity index (χ0n) is 14.9. The zero-order chi connectivity index (χ0) is 18.9. The molecule has 0 fully saturated rings. The van der Waals surface area contributed by atoms with Crippen LogP contribution in [0.25, 0.3) is 5.69 Å². The highest BCUT2D eigenvalue weighted by Gasteiger charge is 2.14. The van der Waals surface area contributed by atoms with Crippen molar-refractivity contribution in [1.82, 2.24) is 15.1 Å². The summed E-state index contributed by atoms with van der Waals surface area (Å²) >= 11 is 0. The fourth-order valence-corrected chi connectivity index (χ4v) is 2.63. The summed E-state index contributed by atoms with van der Waals surface area (Å²) in [4.78, 5) is 22.7. The van der Waals surface area contributed by atoms with Crippen LogP contribution in [0.1, 0.15) is 54.6 Å². The molecule has 26 heavy (non-hydrogen) atoms. The highest BCUT2D eigenvalue weighted by Crippen LogP contribution is 2.13. The molecule has 0 aliphatic carbocycles. The van der Waals surface area contributed by atoms with E-state index in [-0.39, 0.29) is 18.1 Å². The quantitative estimate of drug-likeness (QED) is 0.635. The van der Waals surface area contributed by atoms with Crippen molar-refractivity contribution in [3.8, 4) is 5.69 Å². The number of benzene rings is 1. The molecule has 2 aromatic rings. The van der Waals surface area contributed by atoms with Crippen LogP contribution in [-0.4, -0.2) is 33.3 Å². The number of nitrogens with one attached hydrogen (secondary N) is 1. The molecular weight excluding hydrogens is 337 g/mol. The average Bonchev–Trinajstić information content (AvgIpc) is 2.99. The van der Waals surface area contributed by atoms with Crippen molar-refractivity contribution in [3.05, 3.63) is 47.5 Å². The number of hydrogen-bond donors (Lipinski definition) is 2. The van der Waals surface area contributed by atoms with Crippen LogP contribution in [0, 0.1) is 12.7 Å². The largest absolute Gasteiger partial charge is 0.481 e. The first-order valence-electron chi connectivity index (χ1n) is 8.79. The lowest BCUT2D eigenvalue weighted by Gasteiger charge is -2.04. The number of aromatic nitrogens is 2. The van der Waals surface area contributed by atoms with Crippen LogP contribution in [0.3, 0.4) is 0 Å². The molecule has 1 aromatic heterocycles. The van der Waals surface area contributed by atoms with Gasteiger partial charge in [-0.05, 0) is 44.0 Å². The molecule has 0 saturated heterocycles. The number of hydrogen-bond acceptors (Lipinski definition) is 3. The van der Waals surface area contributed by atoms with Gasteiger partial charge in [0.15, 0.2) is 5.69 Å². The Morgan fingerprint density at radius 3 is 2.46 bits per heavy atom. The maximum absolute atomic E-state index is 13.0. The van der Waals surface area contributed by atoms with Gasteiger partial charge in [0, 0.05) is 24.7 Å². The van der Waals surface area contributed by atoms with Crippen LogP contribution in [0.15, 0.2) is 30.5 Å². The Kier molecular flexibility index (Phi) is 7.32. The fourth-order valence-electron chi connectivity index (χ4n) is 2.63. The molecule has 0 saturated carbocycles. The number of carboxylic acids is 1. The SMILES string of the molecule is Cc1cn(-c2ccc(F)cc2)nc1C(=O)NCCCCCCCC(=O)O. The van der Waals surface area contributed by atoms with E-state index in [0.717, 1.165) is 31.2 Å². The predicted molar refractivity (Wildman–Crippen MR) is 95.9 cm³/mol. The van der Waals surface area contributed by atoms with E-state index in [2.05, 4.69) is 10.4 Å². The van der Waals surface area contributed by atoms with Gasteiger partial charge >= 0.3 is 5.97 Å². The first-order chi connectivity index (χ1) is 12.5. The summed E-state index contributed by atoms with van der Waals surface area (Å²) in [5, 5.41) is 15.7. The summed E-state index contributed by atoms with van der Waals surface area (Å²) in [5.41, 5.74) is 1.80. The molecule has 7 heteroatoms. The molecule has 140 valence electrons. The summed E-state index contributed by atoms with van der Waals surface area (Å²) < 4.78 is 14.6. The Labute approximate surface area is 152 Å². The van der Waals surface area contributed by atoms with Crippen molar-refractivity contribution in [1.29, 1.82) is 0 Å². The standard InChI is InChI=1S/C19H24FN3O3/c1-14-13-23(16-10-8-15(20)9-11-16)22-18(14)19(26)21-12-6-4-2-3-5-7-17(24)25/h8-11,13H,2-7,12H2,1H3,(H,21,26)(H,24,25). The summed E-state index contributed by atoms with van der Waals surface area (Å²) in [6.45, 7) is 2.37. The zero-order valence-corrected chi connectivity index (χ0v) is 14.9. The monoisotopic (exact) mass is 361 g/mol. The van der Waals surface area contributed by atoms with Crippen molar-refractivity contribution >= 4 is 11.9 Å². The third-order valence-electron chi connectivity index (χ3n) is 4.06. The highest BCUT2D eigenvalue weighted by molar-refractivity contribution is 5.93. The molecule has 1 amide bonds. The first kappa shape index (κ1) is 19.6. The molecular formula is C19H24FN3O3. The maximum Gasteiger partial charge on any atom is 0.303 e. The number of carbonyl (C=O) groups excluding carboxylic acids is 1.